The predicted molar refractivity (Wildman–Crippen MR) is 104 cm³/mol. The van der Waals surface area contributed by atoms with Gasteiger partial charge in [0.2, 0.25) is 0 Å². The second-order valence-electron chi connectivity index (χ2n) is 7.67. The Morgan fingerprint density at radius 1 is 1.20 bits per heavy atom. The average molecular weight is 427 g/mol. The van der Waals surface area contributed by atoms with Crippen molar-refractivity contribution in [2.45, 2.75) is 45.9 Å². The number of ether oxygens (including phenoxy) is 2. The van der Waals surface area contributed by atoms with E-state index in [1.54, 1.807) is 13.0 Å². The highest BCUT2D eigenvalue weighted by atomic mass is 19.4. The molecule has 0 aliphatic heterocycles. The van der Waals surface area contributed by atoms with Crippen LogP contribution in [0.5, 0.6) is 0 Å². The Morgan fingerprint density at radius 3 is 2.47 bits per heavy atom. The molecule has 1 aromatic heterocycles. The van der Waals surface area contributed by atoms with Gasteiger partial charge in [-0.2, -0.15) is 4.99 Å². The van der Waals surface area contributed by atoms with Crippen molar-refractivity contribution in [2.24, 2.45) is 30.9 Å². The van der Waals surface area contributed by atoms with Gasteiger partial charge in [-0.3, -0.25) is 13.9 Å². The van der Waals surface area contributed by atoms with Gasteiger partial charge in [0.1, 0.15) is 17.3 Å². The maximum Gasteiger partial charge on any atom is 0.572 e. The van der Waals surface area contributed by atoms with Crippen LogP contribution in [0.2, 0.25) is 0 Å². The molecule has 2 unspecified atom stereocenters. The van der Waals surface area contributed by atoms with Crippen LogP contribution in [-0.2, 0) is 23.6 Å². The lowest BCUT2D eigenvalue weighted by Crippen LogP contribution is -2.38. The van der Waals surface area contributed by atoms with Crippen LogP contribution in [0.15, 0.2) is 38.3 Å². The zero-order valence-corrected chi connectivity index (χ0v) is 17.2. The van der Waals surface area contributed by atoms with E-state index in [0.29, 0.717) is 6.42 Å². The van der Waals surface area contributed by atoms with E-state index in [4.69, 9.17) is 4.74 Å². The van der Waals surface area contributed by atoms with Crippen LogP contribution >= 0.6 is 0 Å². The van der Waals surface area contributed by atoms with Crippen molar-refractivity contribution in [3.63, 3.8) is 0 Å². The highest BCUT2D eigenvalue weighted by molar-refractivity contribution is 5.83. The van der Waals surface area contributed by atoms with Crippen LogP contribution in [0.3, 0.4) is 0 Å². The van der Waals surface area contributed by atoms with Gasteiger partial charge in [-0.15, -0.1) is 13.2 Å². The molecule has 7 nitrogen and oxygen atoms in total. The molecule has 0 bridgehead atoms. The molecule has 1 aromatic rings. The number of hydrogen-bond donors (Lipinski definition) is 0. The minimum Gasteiger partial charge on any atom is -0.443 e. The predicted octanol–water partition coefficient (Wildman–Crippen LogP) is 3.58. The first kappa shape index (κ1) is 21.9. The molecular formula is C20H24F3N3O4. The molecule has 1 heterocycles. The molecule has 0 radical (unpaired) electrons. The van der Waals surface area contributed by atoms with Gasteiger partial charge >= 0.3 is 12.1 Å². The first-order chi connectivity index (χ1) is 14.0. The topological polar surface area (TPSA) is 74.8 Å². The summed E-state index contributed by atoms with van der Waals surface area (Å²) in [6.45, 7) is 3.59. The van der Waals surface area contributed by atoms with E-state index in [1.165, 1.54) is 24.7 Å². The van der Waals surface area contributed by atoms with E-state index in [0.717, 1.165) is 17.4 Å². The monoisotopic (exact) mass is 427 g/mol. The summed E-state index contributed by atoms with van der Waals surface area (Å²) in [4.78, 5) is 29.1. The molecule has 10 heteroatoms. The van der Waals surface area contributed by atoms with E-state index in [-0.39, 0.29) is 47.1 Å². The van der Waals surface area contributed by atoms with Gasteiger partial charge in [0.05, 0.1) is 5.56 Å². The first-order valence-electron chi connectivity index (χ1n) is 9.67. The normalized spacial score (nSPS) is 22.2. The minimum atomic E-state index is -4.77. The third-order valence-corrected chi connectivity index (χ3v) is 5.51. The highest BCUT2D eigenvalue weighted by Crippen LogP contribution is 2.37. The molecule has 0 N–H and O–H groups in total. The number of alkyl halides is 3. The number of halogens is 3. The SMILES string of the molecule is Cc1c(/N=C(/OC2=CCCC(OC(F)(F)F)=C2)C2CCC2C)n(C)c(=O)n(C)c1=O. The van der Waals surface area contributed by atoms with Gasteiger partial charge in [-0.1, -0.05) is 6.92 Å². The molecule has 0 amide bonds. The summed E-state index contributed by atoms with van der Waals surface area (Å²) < 4.78 is 49.8. The second kappa shape index (κ2) is 8.16. The third kappa shape index (κ3) is 4.52. The lowest BCUT2D eigenvalue weighted by atomic mass is 9.75. The van der Waals surface area contributed by atoms with Gasteiger partial charge in [0, 0.05) is 32.5 Å². The number of rotatable bonds is 4. The van der Waals surface area contributed by atoms with Crippen LogP contribution in [0.4, 0.5) is 19.0 Å². The molecule has 0 spiro atoms. The fourth-order valence-corrected chi connectivity index (χ4v) is 3.55. The highest BCUT2D eigenvalue weighted by Gasteiger charge is 2.35. The van der Waals surface area contributed by atoms with Crippen LogP contribution in [0, 0.1) is 18.8 Å². The molecule has 164 valence electrons. The fourth-order valence-electron chi connectivity index (χ4n) is 3.55. The van der Waals surface area contributed by atoms with Crippen LogP contribution in [0.1, 0.15) is 38.2 Å². The van der Waals surface area contributed by atoms with Crippen molar-refractivity contribution in [2.75, 3.05) is 0 Å². The van der Waals surface area contributed by atoms with Gasteiger partial charge in [-0.25, -0.2) is 4.79 Å². The summed E-state index contributed by atoms with van der Waals surface area (Å²) in [5.41, 5.74) is -0.708. The lowest BCUT2D eigenvalue weighted by molar-refractivity contribution is -0.306. The molecule has 0 saturated heterocycles. The standard InChI is InChI=1S/C20H24F3N3O4/c1-11-8-9-15(11)17(24-16-12(2)18(27)26(4)19(28)25(16)3)29-13-6-5-7-14(10-13)30-20(21,22)23/h6,10-11,15H,5,7-9H2,1-4H3/b24-17+. The smallest absolute Gasteiger partial charge is 0.443 e. The summed E-state index contributed by atoms with van der Waals surface area (Å²) in [7, 11) is 2.89. The van der Waals surface area contributed by atoms with Crippen LogP contribution < -0.4 is 11.2 Å². The third-order valence-electron chi connectivity index (χ3n) is 5.51. The summed E-state index contributed by atoms with van der Waals surface area (Å²) in [5.74, 6) is 0.599. The second-order valence-corrected chi connectivity index (χ2v) is 7.67. The molecule has 3 rings (SSSR count). The van der Waals surface area contributed by atoms with E-state index in [2.05, 4.69) is 9.73 Å². The van der Waals surface area contributed by atoms with E-state index in [1.807, 2.05) is 6.92 Å². The van der Waals surface area contributed by atoms with Crippen molar-refractivity contribution >= 4 is 11.7 Å². The molecule has 0 aromatic carbocycles. The number of aromatic nitrogens is 2. The Hall–Kier alpha value is -2.78. The zero-order valence-electron chi connectivity index (χ0n) is 17.2. The minimum absolute atomic E-state index is 0.0632. The van der Waals surface area contributed by atoms with Crippen molar-refractivity contribution in [3.8, 4) is 0 Å². The molecule has 30 heavy (non-hydrogen) atoms. The molecule has 1 fully saturated rings. The average Bonchev–Trinajstić information content (AvgIpc) is 2.65. The summed E-state index contributed by atoms with van der Waals surface area (Å²) >= 11 is 0. The Bertz CT molecular complexity index is 1010. The molecule has 2 aliphatic carbocycles. The van der Waals surface area contributed by atoms with Crippen molar-refractivity contribution in [1.29, 1.82) is 0 Å². The quantitative estimate of drug-likeness (QED) is 0.544. The number of allylic oxidation sites excluding steroid dienone is 3. The van der Waals surface area contributed by atoms with Gasteiger partial charge in [0.15, 0.2) is 5.90 Å². The molecular weight excluding hydrogens is 403 g/mol. The van der Waals surface area contributed by atoms with Gasteiger partial charge in [0.25, 0.3) is 5.56 Å². The Kier molecular flexibility index (Phi) is 5.96. The Labute approximate surface area is 171 Å². The summed E-state index contributed by atoms with van der Waals surface area (Å²) in [6, 6.07) is 0. The zero-order chi connectivity index (χ0) is 22.2. The van der Waals surface area contributed by atoms with Crippen LogP contribution in [-0.4, -0.2) is 21.4 Å². The summed E-state index contributed by atoms with van der Waals surface area (Å²) in [5, 5.41) is 0. The largest absolute Gasteiger partial charge is 0.572 e. The summed E-state index contributed by atoms with van der Waals surface area (Å²) in [6.07, 6.45) is 0.283. The van der Waals surface area contributed by atoms with Crippen molar-refractivity contribution < 1.29 is 22.6 Å². The maximum atomic E-state index is 12.5. The lowest BCUT2D eigenvalue weighted by Gasteiger charge is -2.34. The first-order valence-corrected chi connectivity index (χ1v) is 9.67. The van der Waals surface area contributed by atoms with Gasteiger partial charge in [-0.05, 0) is 38.2 Å². The van der Waals surface area contributed by atoms with Gasteiger partial charge < -0.3 is 9.47 Å². The molecule has 2 atom stereocenters. The fraction of sp³-hybridized carbons (Fsp3) is 0.550. The van der Waals surface area contributed by atoms with Crippen LogP contribution in [0.25, 0.3) is 0 Å². The van der Waals surface area contributed by atoms with E-state index in [9.17, 15) is 22.8 Å². The number of nitrogens with zero attached hydrogens (tertiary/aromatic N) is 3. The Balaban J connectivity index is 1.99. The number of hydrogen-bond acceptors (Lipinski definition) is 5. The van der Waals surface area contributed by atoms with Crippen molar-refractivity contribution in [3.05, 3.63) is 50.1 Å². The maximum absolute atomic E-state index is 12.5. The Morgan fingerprint density at radius 2 is 1.90 bits per heavy atom. The van der Waals surface area contributed by atoms with E-state index >= 15 is 0 Å². The number of aliphatic imine (C=N–C) groups is 1. The molecule has 1 saturated carbocycles. The molecule has 2 aliphatic rings. The van der Waals surface area contributed by atoms with E-state index < -0.39 is 17.6 Å². The van der Waals surface area contributed by atoms with Crippen molar-refractivity contribution in [1.82, 2.24) is 9.13 Å².